The van der Waals surface area contributed by atoms with Gasteiger partial charge in [-0.25, -0.2) is 0 Å². The Morgan fingerprint density at radius 2 is 0.957 bits per heavy atom. The molecule has 0 saturated heterocycles. The highest BCUT2D eigenvalue weighted by molar-refractivity contribution is 8.00. The molecule has 0 aliphatic heterocycles. The van der Waals surface area contributed by atoms with Gasteiger partial charge in [0.2, 0.25) is 0 Å². The van der Waals surface area contributed by atoms with Crippen LogP contribution in [0.25, 0.3) is 0 Å². The normalized spacial score (nSPS) is 11.2. The molecule has 0 radical (unpaired) electrons. The van der Waals surface area contributed by atoms with Gasteiger partial charge >= 0.3 is 0 Å². The molecule has 0 atom stereocenters. The van der Waals surface area contributed by atoms with Crippen molar-refractivity contribution in [1.82, 2.24) is 0 Å². The van der Waals surface area contributed by atoms with E-state index in [1.54, 1.807) is 11.8 Å². The molecule has 0 aliphatic carbocycles. The van der Waals surface area contributed by atoms with E-state index in [0.717, 1.165) is 82.0 Å². The van der Waals surface area contributed by atoms with Crippen molar-refractivity contribution in [2.24, 2.45) is 0 Å². The lowest BCUT2D eigenvalue weighted by Gasteiger charge is -2.23. The SMILES string of the molecule is CC(C)(C)c1cc(SCCCNc2ccc(Nc3ccccc3)cc2)cc(SCCCNc2ccc(Nc3ccccc3)cc2)c1O. The molecule has 5 N–H and O–H groups in total. The van der Waals surface area contributed by atoms with E-state index in [1.165, 1.54) is 4.90 Å². The second-order valence-corrected chi connectivity index (χ2v) is 14.8. The first-order chi connectivity index (χ1) is 22.8. The summed E-state index contributed by atoms with van der Waals surface area (Å²) in [7, 11) is 0. The minimum Gasteiger partial charge on any atom is -0.506 e. The van der Waals surface area contributed by atoms with Crippen LogP contribution in [-0.2, 0) is 5.41 Å². The summed E-state index contributed by atoms with van der Waals surface area (Å²) < 4.78 is 0. The van der Waals surface area contributed by atoms with Crippen molar-refractivity contribution >= 4 is 57.6 Å². The van der Waals surface area contributed by atoms with Gasteiger partial charge in [-0.05, 0) is 115 Å². The zero-order valence-electron chi connectivity index (χ0n) is 27.6. The van der Waals surface area contributed by atoms with Gasteiger partial charge in [0.15, 0.2) is 0 Å². The van der Waals surface area contributed by atoms with Crippen LogP contribution >= 0.6 is 23.5 Å². The molecule has 0 heterocycles. The lowest BCUT2D eigenvalue weighted by atomic mass is 9.86. The van der Waals surface area contributed by atoms with E-state index in [9.17, 15) is 5.11 Å². The smallest absolute Gasteiger partial charge is 0.132 e. The molecule has 0 unspecified atom stereocenters. The predicted octanol–water partition coefficient (Wildman–Crippen LogP) is 11.4. The van der Waals surface area contributed by atoms with E-state index < -0.39 is 0 Å². The number of thioether (sulfide) groups is 2. The Hall–Kier alpha value is -4.20. The summed E-state index contributed by atoms with van der Waals surface area (Å²) in [4.78, 5) is 2.19. The average Bonchev–Trinajstić information content (AvgIpc) is 3.07. The Bertz CT molecular complexity index is 1660. The largest absolute Gasteiger partial charge is 0.506 e. The van der Waals surface area contributed by atoms with Gasteiger partial charge in [-0.3, -0.25) is 0 Å². The lowest BCUT2D eigenvalue weighted by molar-refractivity contribution is 0.433. The molecule has 5 aromatic carbocycles. The molecule has 0 bridgehead atoms. The number of nitrogens with one attached hydrogen (secondary N) is 4. The van der Waals surface area contributed by atoms with Crippen molar-refractivity contribution in [3.63, 3.8) is 0 Å². The monoisotopic (exact) mass is 662 g/mol. The first kappa shape index (κ1) is 34.1. The third kappa shape index (κ3) is 10.9. The number of para-hydroxylation sites is 2. The third-order valence-corrected chi connectivity index (χ3v) is 9.75. The summed E-state index contributed by atoms with van der Waals surface area (Å²) in [5.41, 5.74) is 7.41. The van der Waals surface area contributed by atoms with Gasteiger partial charge in [0.05, 0.1) is 4.90 Å². The standard InChI is InChI=1S/C40H46N4OS2/c1-40(2,3)37-28-36(46-26-10-24-41-30-16-20-34(21-17-30)43-32-12-6-4-7-13-32)29-38(39(37)45)47-27-11-25-42-31-18-22-35(23-19-31)44-33-14-8-5-9-15-33/h4-9,12-23,28-29,41-45H,10-11,24-27H2,1-3H3. The number of hydrogen-bond donors (Lipinski definition) is 5. The second kappa shape index (κ2) is 17.1. The first-order valence-electron chi connectivity index (χ1n) is 16.3. The highest BCUT2D eigenvalue weighted by Crippen LogP contribution is 2.41. The molecule has 47 heavy (non-hydrogen) atoms. The number of benzene rings is 5. The molecule has 0 saturated carbocycles. The van der Waals surface area contributed by atoms with E-state index in [1.807, 2.05) is 48.2 Å². The van der Waals surface area contributed by atoms with Gasteiger partial charge in [-0.1, -0.05) is 57.2 Å². The molecule has 0 aliphatic rings. The summed E-state index contributed by atoms with van der Waals surface area (Å²) in [6.07, 6.45) is 2.03. The maximum atomic E-state index is 11.2. The molecule has 5 nitrogen and oxygen atoms in total. The zero-order valence-corrected chi connectivity index (χ0v) is 29.2. The number of hydrogen-bond acceptors (Lipinski definition) is 7. The second-order valence-electron chi connectivity index (χ2n) is 12.5. The summed E-state index contributed by atoms with van der Waals surface area (Å²) in [5, 5.41) is 25.1. The van der Waals surface area contributed by atoms with E-state index in [0.29, 0.717) is 5.75 Å². The highest BCUT2D eigenvalue weighted by atomic mass is 32.2. The van der Waals surface area contributed by atoms with Crippen LogP contribution < -0.4 is 21.3 Å². The maximum Gasteiger partial charge on any atom is 0.132 e. The molecule has 0 fully saturated rings. The summed E-state index contributed by atoms with van der Waals surface area (Å²) >= 11 is 3.60. The molecular formula is C40H46N4OS2. The van der Waals surface area contributed by atoms with Crippen molar-refractivity contribution < 1.29 is 5.11 Å². The maximum absolute atomic E-state index is 11.2. The molecule has 0 aromatic heterocycles. The van der Waals surface area contributed by atoms with Gasteiger partial charge in [0, 0.05) is 57.7 Å². The fraction of sp³-hybridized carbons (Fsp3) is 0.250. The first-order valence-corrected chi connectivity index (χ1v) is 18.3. The lowest BCUT2D eigenvalue weighted by Crippen LogP contribution is -2.12. The predicted molar refractivity (Wildman–Crippen MR) is 207 cm³/mol. The van der Waals surface area contributed by atoms with Crippen LogP contribution in [0.3, 0.4) is 0 Å². The fourth-order valence-electron chi connectivity index (χ4n) is 5.05. The van der Waals surface area contributed by atoms with E-state index in [4.69, 9.17) is 0 Å². The molecule has 5 aromatic rings. The minimum atomic E-state index is -0.137. The van der Waals surface area contributed by atoms with E-state index in [-0.39, 0.29) is 5.41 Å². The molecular weight excluding hydrogens is 617 g/mol. The van der Waals surface area contributed by atoms with E-state index in [2.05, 4.69) is 127 Å². The van der Waals surface area contributed by atoms with Crippen molar-refractivity contribution in [3.05, 3.63) is 127 Å². The van der Waals surface area contributed by atoms with Crippen LogP contribution in [-0.4, -0.2) is 29.7 Å². The van der Waals surface area contributed by atoms with Crippen molar-refractivity contribution in [1.29, 1.82) is 0 Å². The van der Waals surface area contributed by atoms with Crippen LogP contribution in [0.1, 0.15) is 39.2 Å². The van der Waals surface area contributed by atoms with E-state index >= 15 is 0 Å². The topological polar surface area (TPSA) is 68.3 Å². The number of rotatable bonds is 16. The molecule has 0 spiro atoms. The van der Waals surface area contributed by atoms with Gasteiger partial charge in [-0.2, -0.15) is 0 Å². The fourth-order valence-corrected chi connectivity index (χ4v) is 7.02. The average molecular weight is 663 g/mol. The van der Waals surface area contributed by atoms with Crippen LogP contribution in [0, 0.1) is 0 Å². The number of aromatic hydroxyl groups is 1. The number of phenolic OH excluding ortho intramolecular Hbond substituents is 1. The molecule has 7 heteroatoms. The molecule has 244 valence electrons. The Morgan fingerprint density at radius 1 is 0.532 bits per heavy atom. The Balaban J connectivity index is 1.05. The van der Waals surface area contributed by atoms with Crippen LogP contribution in [0.2, 0.25) is 0 Å². The summed E-state index contributed by atoms with van der Waals surface area (Å²) in [6, 6.07) is 41.6. The van der Waals surface area contributed by atoms with Gasteiger partial charge in [0.25, 0.3) is 0 Å². The summed E-state index contributed by atoms with van der Waals surface area (Å²) in [5.74, 6) is 2.35. The number of anilines is 6. The molecule has 0 amide bonds. The minimum absolute atomic E-state index is 0.137. The van der Waals surface area contributed by atoms with Crippen LogP contribution in [0.5, 0.6) is 5.75 Å². The number of phenols is 1. The van der Waals surface area contributed by atoms with Crippen molar-refractivity contribution in [3.8, 4) is 5.75 Å². The summed E-state index contributed by atoms with van der Waals surface area (Å²) in [6.45, 7) is 8.28. The Labute approximate surface area is 289 Å². The van der Waals surface area contributed by atoms with Crippen molar-refractivity contribution in [2.75, 3.05) is 45.9 Å². The van der Waals surface area contributed by atoms with Crippen LogP contribution in [0.4, 0.5) is 34.1 Å². The van der Waals surface area contributed by atoms with Gasteiger partial charge in [0.1, 0.15) is 5.75 Å². The molecule has 5 rings (SSSR count). The van der Waals surface area contributed by atoms with Gasteiger partial charge < -0.3 is 26.4 Å². The Kier molecular flexibility index (Phi) is 12.4. The Morgan fingerprint density at radius 3 is 1.43 bits per heavy atom. The quantitative estimate of drug-likeness (QED) is 0.0532. The third-order valence-electron chi connectivity index (χ3n) is 7.58. The van der Waals surface area contributed by atoms with Crippen LogP contribution in [0.15, 0.2) is 131 Å². The zero-order chi connectivity index (χ0) is 32.9. The van der Waals surface area contributed by atoms with Gasteiger partial charge in [-0.15, -0.1) is 23.5 Å². The van der Waals surface area contributed by atoms with Crippen molar-refractivity contribution in [2.45, 2.75) is 48.8 Å². The highest BCUT2D eigenvalue weighted by Gasteiger charge is 2.21.